The lowest BCUT2D eigenvalue weighted by atomic mass is 9.99. The SMILES string of the molecule is C=C(c1nc(/C=C/C(C)(C)O)cc2c(N[C@@H]3CCN(C)C[C@@H]3F)cccc12)C(F)(F)F. The molecule has 0 saturated carbocycles. The van der Waals surface area contributed by atoms with Crippen molar-refractivity contribution in [3.63, 3.8) is 0 Å². The Kier molecular flexibility index (Phi) is 6.43. The van der Waals surface area contributed by atoms with Crippen molar-refractivity contribution in [2.75, 3.05) is 25.5 Å². The van der Waals surface area contributed by atoms with Gasteiger partial charge in [-0.2, -0.15) is 13.2 Å². The maximum Gasteiger partial charge on any atom is 0.417 e. The molecule has 1 saturated heterocycles. The lowest BCUT2D eigenvalue weighted by Crippen LogP contribution is -2.46. The van der Waals surface area contributed by atoms with Crippen LogP contribution in [-0.4, -0.2) is 59.1 Å². The quantitative estimate of drug-likeness (QED) is 0.643. The number of anilines is 1. The number of aromatic nitrogens is 1. The van der Waals surface area contributed by atoms with Crippen LogP contribution < -0.4 is 5.32 Å². The van der Waals surface area contributed by atoms with E-state index in [1.54, 1.807) is 38.1 Å². The predicted octanol–water partition coefficient (Wildman–Crippen LogP) is 5.05. The molecule has 0 amide bonds. The van der Waals surface area contributed by atoms with E-state index in [0.717, 1.165) is 6.54 Å². The molecule has 2 atom stereocenters. The van der Waals surface area contributed by atoms with Gasteiger partial charge in [0.1, 0.15) is 6.17 Å². The van der Waals surface area contributed by atoms with Crippen LogP contribution in [0.5, 0.6) is 0 Å². The highest BCUT2D eigenvalue weighted by Gasteiger charge is 2.35. The number of aliphatic hydroxyl groups is 1. The highest BCUT2D eigenvalue weighted by atomic mass is 19.4. The number of benzene rings is 1. The third-order valence-corrected chi connectivity index (χ3v) is 5.27. The van der Waals surface area contributed by atoms with Gasteiger partial charge in [0.2, 0.25) is 0 Å². The molecule has 2 N–H and O–H groups in total. The van der Waals surface area contributed by atoms with Crippen LogP contribution in [0, 0.1) is 0 Å². The summed E-state index contributed by atoms with van der Waals surface area (Å²) < 4.78 is 55.0. The van der Waals surface area contributed by atoms with Crippen molar-refractivity contribution >= 4 is 28.1 Å². The van der Waals surface area contributed by atoms with E-state index < -0.39 is 29.6 Å². The summed E-state index contributed by atoms with van der Waals surface area (Å²) in [5.41, 5.74) is -1.73. The second-order valence-electron chi connectivity index (χ2n) is 8.58. The van der Waals surface area contributed by atoms with Crippen LogP contribution >= 0.6 is 0 Å². The van der Waals surface area contributed by atoms with E-state index in [2.05, 4.69) is 16.9 Å². The van der Waals surface area contributed by atoms with Crippen molar-refractivity contribution in [1.29, 1.82) is 0 Å². The number of rotatable bonds is 5. The van der Waals surface area contributed by atoms with Crippen molar-refractivity contribution in [2.24, 2.45) is 0 Å². The number of hydrogen-bond acceptors (Lipinski definition) is 4. The van der Waals surface area contributed by atoms with E-state index in [0.29, 0.717) is 24.0 Å². The van der Waals surface area contributed by atoms with Gasteiger partial charge in [-0.15, -0.1) is 0 Å². The number of halogens is 4. The number of likely N-dealkylation sites (tertiary alicyclic amines) is 1. The molecule has 2 aromatic rings. The average molecular weight is 437 g/mol. The summed E-state index contributed by atoms with van der Waals surface area (Å²) in [6.07, 6.45) is -2.26. The molecule has 0 spiro atoms. The van der Waals surface area contributed by atoms with Gasteiger partial charge in [0.15, 0.2) is 0 Å². The Labute approximate surface area is 179 Å². The van der Waals surface area contributed by atoms with Gasteiger partial charge in [-0.25, -0.2) is 9.37 Å². The summed E-state index contributed by atoms with van der Waals surface area (Å²) in [4.78, 5) is 6.06. The molecule has 168 valence electrons. The van der Waals surface area contributed by atoms with Gasteiger partial charge < -0.3 is 15.3 Å². The summed E-state index contributed by atoms with van der Waals surface area (Å²) in [6.45, 7) is 7.33. The molecule has 4 nitrogen and oxygen atoms in total. The van der Waals surface area contributed by atoms with Gasteiger partial charge in [-0.05, 0) is 45.5 Å². The lowest BCUT2D eigenvalue weighted by molar-refractivity contribution is -0.0688. The first-order valence-electron chi connectivity index (χ1n) is 10.1. The van der Waals surface area contributed by atoms with Crippen molar-refractivity contribution in [3.8, 4) is 0 Å². The maximum atomic E-state index is 14.6. The zero-order valence-electron chi connectivity index (χ0n) is 17.8. The summed E-state index contributed by atoms with van der Waals surface area (Å²) in [6, 6.07) is 6.07. The fourth-order valence-corrected chi connectivity index (χ4v) is 3.58. The van der Waals surface area contributed by atoms with Crippen LogP contribution in [0.25, 0.3) is 22.4 Å². The predicted molar refractivity (Wildman–Crippen MR) is 117 cm³/mol. The first kappa shape index (κ1) is 23.2. The van der Waals surface area contributed by atoms with E-state index in [1.165, 1.54) is 12.2 Å². The Morgan fingerprint density at radius 3 is 2.61 bits per heavy atom. The number of nitrogens with one attached hydrogen (secondary N) is 1. The van der Waals surface area contributed by atoms with Gasteiger partial charge in [0.25, 0.3) is 0 Å². The molecule has 0 unspecified atom stereocenters. The van der Waals surface area contributed by atoms with Crippen molar-refractivity contribution < 1.29 is 22.7 Å². The summed E-state index contributed by atoms with van der Waals surface area (Å²) in [7, 11) is 1.85. The molecule has 2 heterocycles. The third kappa shape index (κ3) is 5.62. The Morgan fingerprint density at radius 1 is 1.29 bits per heavy atom. The maximum absolute atomic E-state index is 14.6. The second-order valence-corrected chi connectivity index (χ2v) is 8.58. The molecule has 1 fully saturated rings. The first-order chi connectivity index (χ1) is 14.3. The molecule has 3 rings (SSSR count). The molecule has 8 heteroatoms. The lowest BCUT2D eigenvalue weighted by Gasteiger charge is -2.33. The van der Waals surface area contributed by atoms with Crippen LogP contribution in [0.15, 0.2) is 36.9 Å². The molecule has 1 aliphatic heterocycles. The number of pyridine rings is 1. The summed E-state index contributed by atoms with van der Waals surface area (Å²) >= 11 is 0. The van der Waals surface area contributed by atoms with Gasteiger partial charge in [0.05, 0.1) is 28.6 Å². The number of nitrogens with zero attached hydrogens (tertiary/aromatic N) is 2. The summed E-state index contributed by atoms with van der Waals surface area (Å²) in [5.74, 6) is 0. The fraction of sp³-hybridized carbons (Fsp3) is 0.435. The molecule has 1 aromatic heterocycles. The topological polar surface area (TPSA) is 48.4 Å². The minimum atomic E-state index is -4.65. The minimum Gasteiger partial charge on any atom is -0.386 e. The number of fused-ring (bicyclic) bond motifs is 1. The largest absolute Gasteiger partial charge is 0.417 e. The smallest absolute Gasteiger partial charge is 0.386 e. The van der Waals surface area contributed by atoms with E-state index in [9.17, 15) is 22.7 Å². The fourth-order valence-electron chi connectivity index (χ4n) is 3.58. The molecule has 0 bridgehead atoms. The molecule has 0 aliphatic carbocycles. The monoisotopic (exact) mass is 437 g/mol. The van der Waals surface area contributed by atoms with Crippen LogP contribution in [0.4, 0.5) is 23.2 Å². The van der Waals surface area contributed by atoms with Crippen molar-refractivity contribution in [2.45, 2.75) is 44.3 Å². The first-order valence-corrected chi connectivity index (χ1v) is 10.1. The molecule has 1 aromatic carbocycles. The van der Waals surface area contributed by atoms with Crippen LogP contribution in [-0.2, 0) is 0 Å². The zero-order valence-corrected chi connectivity index (χ0v) is 17.8. The van der Waals surface area contributed by atoms with Gasteiger partial charge >= 0.3 is 6.18 Å². The van der Waals surface area contributed by atoms with E-state index in [1.807, 2.05) is 11.9 Å². The van der Waals surface area contributed by atoms with Gasteiger partial charge in [-0.3, -0.25) is 0 Å². The van der Waals surface area contributed by atoms with Gasteiger partial charge in [0, 0.05) is 29.5 Å². The number of alkyl halides is 4. The standard InChI is InChI=1S/C23H27F4N3O/c1-14(23(25,26)27)21-16-6-5-7-19(29-20-9-11-30(4)13-18(20)24)17(16)12-15(28-21)8-10-22(2,3)31/h5-8,10,12,18,20,29,31H,1,9,11,13H2,2-4H3/b10-8+/t18-,20+/m0/s1. The molecule has 1 aliphatic rings. The van der Waals surface area contributed by atoms with Crippen LogP contribution in [0.1, 0.15) is 31.7 Å². The Balaban J connectivity index is 2.12. The van der Waals surface area contributed by atoms with Crippen molar-refractivity contribution in [3.05, 3.63) is 48.3 Å². The highest BCUT2D eigenvalue weighted by molar-refractivity contribution is 6.00. The van der Waals surface area contributed by atoms with Crippen LogP contribution in [0.3, 0.4) is 0 Å². The Hall–Kier alpha value is -2.45. The molecule has 31 heavy (non-hydrogen) atoms. The number of hydrogen-bond donors (Lipinski definition) is 2. The molecular weight excluding hydrogens is 410 g/mol. The average Bonchev–Trinajstić information content (AvgIpc) is 2.66. The van der Waals surface area contributed by atoms with E-state index in [4.69, 9.17) is 0 Å². The molecular formula is C23H27F4N3O. The van der Waals surface area contributed by atoms with Crippen LogP contribution in [0.2, 0.25) is 0 Å². The summed E-state index contributed by atoms with van der Waals surface area (Å²) in [5, 5.41) is 13.9. The minimum absolute atomic E-state index is 0.240. The second kappa shape index (κ2) is 8.59. The highest BCUT2D eigenvalue weighted by Crippen LogP contribution is 2.37. The van der Waals surface area contributed by atoms with Gasteiger partial charge in [-0.1, -0.05) is 24.8 Å². The van der Waals surface area contributed by atoms with E-state index >= 15 is 0 Å². The Morgan fingerprint density at radius 2 is 2.00 bits per heavy atom. The van der Waals surface area contributed by atoms with Crippen molar-refractivity contribution in [1.82, 2.24) is 9.88 Å². The van der Waals surface area contributed by atoms with E-state index in [-0.39, 0.29) is 16.8 Å². The number of allylic oxidation sites excluding steroid dienone is 1. The Bertz CT molecular complexity index is 995. The molecule has 0 radical (unpaired) electrons. The zero-order chi connectivity index (χ0) is 23.0. The normalized spacial score (nSPS) is 21.0. The number of piperidine rings is 1. The third-order valence-electron chi connectivity index (χ3n) is 5.27.